The lowest BCUT2D eigenvalue weighted by Gasteiger charge is -2.47. The summed E-state index contributed by atoms with van der Waals surface area (Å²) in [6, 6.07) is -0.000660. The lowest BCUT2D eigenvalue weighted by molar-refractivity contribution is -0.156. The number of hydrogen-bond acceptors (Lipinski definition) is 3. The number of hydrogen-bond donors (Lipinski definition) is 1. The zero-order valence-electron chi connectivity index (χ0n) is 13.5. The van der Waals surface area contributed by atoms with Crippen LogP contribution in [0.25, 0.3) is 0 Å². The van der Waals surface area contributed by atoms with Gasteiger partial charge in [-0.05, 0) is 32.1 Å². The summed E-state index contributed by atoms with van der Waals surface area (Å²) in [7, 11) is 0. The summed E-state index contributed by atoms with van der Waals surface area (Å²) >= 11 is 0. The second-order valence-electron chi connectivity index (χ2n) is 7.85. The Kier molecular flexibility index (Phi) is 3.82. The number of carboxylic acids is 1. The summed E-state index contributed by atoms with van der Waals surface area (Å²) in [6.07, 6.45) is 2.38. The van der Waals surface area contributed by atoms with Gasteiger partial charge < -0.3 is 14.7 Å². The molecule has 7 heteroatoms. The molecule has 2 saturated carbocycles. The highest BCUT2D eigenvalue weighted by molar-refractivity contribution is 5.81. The number of alkyl halides is 2. The molecule has 2 saturated heterocycles. The van der Waals surface area contributed by atoms with Gasteiger partial charge in [-0.3, -0.25) is 9.59 Å². The molecule has 6 atom stereocenters. The second kappa shape index (κ2) is 5.64. The van der Waals surface area contributed by atoms with Gasteiger partial charge in [0.25, 0.3) is 5.92 Å². The summed E-state index contributed by atoms with van der Waals surface area (Å²) in [6.45, 7) is 1.25. The van der Waals surface area contributed by atoms with Crippen LogP contribution >= 0.6 is 0 Å². The van der Waals surface area contributed by atoms with Gasteiger partial charge in [-0.2, -0.15) is 0 Å². The van der Waals surface area contributed by atoms with Crippen LogP contribution in [0, 0.1) is 29.6 Å². The molecular formula is C17H23F2NO4. The van der Waals surface area contributed by atoms with Gasteiger partial charge in [0.1, 0.15) is 0 Å². The minimum atomic E-state index is -2.60. The number of carboxylic acid groups (broad SMARTS) is 1. The topological polar surface area (TPSA) is 66.8 Å². The largest absolute Gasteiger partial charge is 0.481 e. The van der Waals surface area contributed by atoms with Crippen LogP contribution in [0.2, 0.25) is 0 Å². The molecule has 0 spiro atoms. The standard InChI is InChI=1S/C17H23F2NO4/c18-17(19)12-2-1-9(6-13(12)17)15(21)20-7-10(16(22)23)5-11-8-24-4-3-14(11)20/h9-14H,1-8H2,(H,22,23)/t9-,10-,11-,12+,13-,14-/m1/s1. The van der Waals surface area contributed by atoms with Gasteiger partial charge in [0.2, 0.25) is 5.91 Å². The molecular weight excluding hydrogens is 320 g/mol. The number of nitrogens with zero attached hydrogens (tertiary/aromatic N) is 1. The predicted molar refractivity (Wildman–Crippen MR) is 79.4 cm³/mol. The maximum atomic E-state index is 13.6. The Hall–Kier alpha value is -1.24. The van der Waals surface area contributed by atoms with Crippen LogP contribution in [0.4, 0.5) is 8.78 Å². The summed E-state index contributed by atoms with van der Waals surface area (Å²) < 4.78 is 32.7. The Balaban J connectivity index is 1.50. The van der Waals surface area contributed by atoms with Crippen molar-refractivity contribution < 1.29 is 28.2 Å². The molecule has 0 bridgehead atoms. The van der Waals surface area contributed by atoms with Crippen molar-refractivity contribution in [1.29, 1.82) is 0 Å². The zero-order valence-corrected chi connectivity index (χ0v) is 13.5. The molecule has 0 aromatic heterocycles. The minimum absolute atomic E-state index is 0.000660. The SMILES string of the molecule is O=C(O)[C@@H]1C[C@@H]2COCC[C@H]2N(C(=O)[C@@H]2CC[C@H]3[C@@H](C2)C3(F)F)C1. The van der Waals surface area contributed by atoms with Crippen LogP contribution in [0.15, 0.2) is 0 Å². The first kappa shape index (κ1) is 16.2. The maximum absolute atomic E-state index is 13.6. The van der Waals surface area contributed by atoms with E-state index in [4.69, 9.17) is 4.74 Å². The lowest BCUT2D eigenvalue weighted by Crippen LogP contribution is -2.57. The van der Waals surface area contributed by atoms with Crippen LogP contribution in [0.3, 0.4) is 0 Å². The number of carbonyl (C=O) groups excluding carboxylic acids is 1. The molecule has 2 heterocycles. The molecule has 1 N–H and O–H groups in total. The third kappa shape index (κ3) is 2.52. The molecule has 1 amide bonds. The van der Waals surface area contributed by atoms with E-state index >= 15 is 0 Å². The molecule has 24 heavy (non-hydrogen) atoms. The van der Waals surface area contributed by atoms with E-state index in [0.717, 1.165) is 0 Å². The van der Waals surface area contributed by atoms with Crippen molar-refractivity contribution in [3.8, 4) is 0 Å². The van der Waals surface area contributed by atoms with E-state index in [0.29, 0.717) is 38.9 Å². The van der Waals surface area contributed by atoms with Crippen molar-refractivity contribution in [2.75, 3.05) is 19.8 Å². The van der Waals surface area contributed by atoms with Crippen molar-refractivity contribution in [1.82, 2.24) is 4.90 Å². The monoisotopic (exact) mass is 343 g/mol. The average Bonchev–Trinajstić information content (AvgIpc) is 3.14. The van der Waals surface area contributed by atoms with E-state index in [1.54, 1.807) is 4.90 Å². The zero-order chi connectivity index (χ0) is 17.1. The van der Waals surface area contributed by atoms with Crippen LogP contribution in [-0.2, 0) is 14.3 Å². The van der Waals surface area contributed by atoms with E-state index in [9.17, 15) is 23.5 Å². The Labute approximate surface area is 139 Å². The number of ether oxygens (including phenoxy) is 1. The van der Waals surface area contributed by atoms with Crippen LogP contribution < -0.4 is 0 Å². The number of fused-ring (bicyclic) bond motifs is 2. The van der Waals surface area contributed by atoms with Crippen LogP contribution in [-0.4, -0.2) is 53.6 Å². The van der Waals surface area contributed by atoms with Crippen LogP contribution in [0.5, 0.6) is 0 Å². The summed E-state index contributed by atoms with van der Waals surface area (Å²) in [4.78, 5) is 26.1. The Bertz CT molecular complexity index is 555. The van der Waals surface area contributed by atoms with E-state index in [1.165, 1.54) is 0 Å². The van der Waals surface area contributed by atoms with Gasteiger partial charge in [0, 0.05) is 42.9 Å². The Morgan fingerprint density at radius 2 is 1.88 bits per heavy atom. The van der Waals surface area contributed by atoms with Gasteiger partial charge in [-0.25, -0.2) is 8.78 Å². The fraction of sp³-hybridized carbons (Fsp3) is 0.882. The van der Waals surface area contributed by atoms with Crippen molar-refractivity contribution >= 4 is 11.9 Å². The van der Waals surface area contributed by atoms with Crippen molar-refractivity contribution in [2.24, 2.45) is 29.6 Å². The molecule has 5 nitrogen and oxygen atoms in total. The number of amides is 1. The molecule has 0 aromatic carbocycles. The minimum Gasteiger partial charge on any atom is -0.481 e. The van der Waals surface area contributed by atoms with Gasteiger partial charge in [0.15, 0.2) is 0 Å². The molecule has 2 aliphatic carbocycles. The number of rotatable bonds is 2. The highest BCUT2D eigenvalue weighted by atomic mass is 19.3. The molecule has 0 aromatic rings. The average molecular weight is 343 g/mol. The Morgan fingerprint density at radius 3 is 2.58 bits per heavy atom. The fourth-order valence-electron chi connectivity index (χ4n) is 5.11. The lowest BCUT2D eigenvalue weighted by atomic mass is 9.79. The summed E-state index contributed by atoms with van der Waals surface area (Å²) in [5.74, 6) is -5.71. The Morgan fingerprint density at radius 1 is 1.08 bits per heavy atom. The van der Waals surface area contributed by atoms with E-state index < -0.39 is 29.6 Å². The molecule has 4 fully saturated rings. The fourth-order valence-corrected chi connectivity index (χ4v) is 5.11. The third-order valence-corrected chi connectivity index (χ3v) is 6.55. The van der Waals surface area contributed by atoms with Crippen molar-refractivity contribution in [2.45, 2.75) is 44.1 Å². The second-order valence-corrected chi connectivity index (χ2v) is 7.85. The molecule has 134 valence electrons. The molecule has 0 radical (unpaired) electrons. The number of carbonyl (C=O) groups is 2. The van der Waals surface area contributed by atoms with E-state index in [2.05, 4.69) is 0 Å². The first-order valence-corrected chi connectivity index (χ1v) is 8.88. The van der Waals surface area contributed by atoms with Crippen molar-refractivity contribution in [3.05, 3.63) is 0 Å². The van der Waals surface area contributed by atoms with Gasteiger partial charge >= 0.3 is 5.97 Å². The summed E-state index contributed by atoms with van der Waals surface area (Å²) in [5.41, 5.74) is 0. The predicted octanol–water partition coefficient (Wildman–Crippen LogP) is 2.01. The molecule has 0 unspecified atom stereocenters. The van der Waals surface area contributed by atoms with E-state index in [1.807, 2.05) is 0 Å². The molecule has 4 rings (SSSR count). The number of piperidine rings is 1. The number of halogens is 2. The first-order valence-electron chi connectivity index (χ1n) is 8.88. The number of aliphatic carboxylic acids is 1. The van der Waals surface area contributed by atoms with Gasteiger partial charge in [-0.1, -0.05) is 0 Å². The molecule has 2 aliphatic heterocycles. The van der Waals surface area contributed by atoms with Crippen LogP contribution in [0.1, 0.15) is 32.1 Å². The molecule has 4 aliphatic rings. The quantitative estimate of drug-likeness (QED) is 0.833. The highest BCUT2D eigenvalue weighted by Crippen LogP contribution is 2.63. The van der Waals surface area contributed by atoms with E-state index in [-0.39, 0.29) is 36.8 Å². The highest BCUT2D eigenvalue weighted by Gasteiger charge is 2.69. The maximum Gasteiger partial charge on any atom is 0.308 e. The normalized spacial score (nSPS) is 43.5. The number of likely N-dealkylation sites (tertiary alicyclic amines) is 1. The van der Waals surface area contributed by atoms with Gasteiger partial charge in [-0.15, -0.1) is 0 Å². The van der Waals surface area contributed by atoms with Crippen molar-refractivity contribution in [3.63, 3.8) is 0 Å². The smallest absolute Gasteiger partial charge is 0.308 e. The first-order chi connectivity index (χ1) is 11.4. The van der Waals surface area contributed by atoms with Gasteiger partial charge in [0.05, 0.1) is 12.5 Å². The summed E-state index contributed by atoms with van der Waals surface area (Å²) in [5, 5.41) is 9.38. The third-order valence-electron chi connectivity index (χ3n) is 6.55.